The van der Waals surface area contributed by atoms with Gasteiger partial charge in [-0.25, -0.2) is 9.88 Å². The number of nitrogens with zero attached hydrogens (tertiary/aromatic N) is 4. The summed E-state index contributed by atoms with van der Waals surface area (Å²) >= 11 is 0. The summed E-state index contributed by atoms with van der Waals surface area (Å²) < 4.78 is 171. The number of anilines is 1. The van der Waals surface area contributed by atoms with Crippen LogP contribution < -0.4 is 4.90 Å². The fraction of sp³-hybridized carbons (Fsp3) is 0.0755. The van der Waals surface area contributed by atoms with Crippen molar-refractivity contribution in [3.05, 3.63) is 191 Å². The summed E-state index contributed by atoms with van der Waals surface area (Å²) in [5.41, 5.74) is -4.66. The van der Waals surface area contributed by atoms with Crippen molar-refractivity contribution >= 4 is 61.1 Å². The molecule has 0 spiro atoms. The molecule has 71 heavy (non-hydrogen) atoms. The number of hydrogen-bond donors (Lipinski definition) is 0. The number of rotatable bonds is 5. The van der Waals surface area contributed by atoms with Crippen LogP contribution >= 0.6 is 0 Å². The summed E-state index contributed by atoms with van der Waals surface area (Å²) in [6.07, 6.45) is -19.0. The average Bonchev–Trinajstić information content (AvgIpc) is 3.93. The van der Waals surface area contributed by atoms with Crippen LogP contribution in [0.15, 0.2) is 158 Å². The van der Waals surface area contributed by atoms with Gasteiger partial charge in [-0.15, -0.1) is 0 Å². The number of benzene rings is 7. The van der Waals surface area contributed by atoms with E-state index in [9.17, 15) is 62.3 Å². The van der Waals surface area contributed by atoms with E-state index in [-0.39, 0.29) is 62.7 Å². The SMILES string of the molecule is O=C1c2ccccc2C(=O)N1c1cc(-n2c3ccccc3c3cc(-c4cc(C(F)(F)F)cc(C(F)(F)F)c4)ccc32)ncc1-n1c2ccccc2c2cc(-c3cc(C(F)(F)F)cc(C(F)(F)F)c3)ccc21. The van der Waals surface area contributed by atoms with Gasteiger partial charge in [0.15, 0.2) is 0 Å². The van der Waals surface area contributed by atoms with Gasteiger partial charge in [0.05, 0.1) is 73.0 Å². The molecular weight excluding hydrogens is 953 g/mol. The normalized spacial score (nSPS) is 13.7. The highest BCUT2D eigenvalue weighted by atomic mass is 19.4. The fourth-order valence-electron chi connectivity index (χ4n) is 9.36. The van der Waals surface area contributed by atoms with Crippen molar-refractivity contribution in [1.29, 1.82) is 0 Å². The van der Waals surface area contributed by atoms with E-state index in [0.717, 1.165) is 4.90 Å². The molecule has 0 unspecified atom stereocenters. The van der Waals surface area contributed by atoms with Crippen molar-refractivity contribution in [1.82, 2.24) is 14.1 Å². The molecule has 354 valence electrons. The third-order valence-electron chi connectivity index (χ3n) is 12.5. The Balaban J connectivity index is 1.13. The van der Waals surface area contributed by atoms with Crippen molar-refractivity contribution in [2.45, 2.75) is 24.7 Å². The van der Waals surface area contributed by atoms with Crippen molar-refractivity contribution in [3.63, 3.8) is 0 Å². The van der Waals surface area contributed by atoms with Gasteiger partial charge in [0.2, 0.25) is 0 Å². The first-order chi connectivity index (χ1) is 33.6. The van der Waals surface area contributed by atoms with Gasteiger partial charge in [-0.05, 0) is 107 Å². The van der Waals surface area contributed by atoms with Gasteiger partial charge in [-0.3, -0.25) is 14.2 Å². The van der Waals surface area contributed by atoms with Gasteiger partial charge < -0.3 is 4.57 Å². The first-order valence-corrected chi connectivity index (χ1v) is 21.2. The first-order valence-electron chi connectivity index (χ1n) is 21.2. The Bertz CT molecular complexity index is 3800. The lowest BCUT2D eigenvalue weighted by Crippen LogP contribution is -2.30. The van der Waals surface area contributed by atoms with E-state index < -0.39 is 58.8 Å². The van der Waals surface area contributed by atoms with Gasteiger partial charge in [0.1, 0.15) is 5.82 Å². The molecule has 0 radical (unpaired) electrons. The van der Waals surface area contributed by atoms with Crippen molar-refractivity contribution in [3.8, 4) is 33.8 Å². The van der Waals surface area contributed by atoms with Gasteiger partial charge in [-0.1, -0.05) is 60.7 Å². The Morgan fingerprint density at radius 2 is 0.732 bits per heavy atom. The highest BCUT2D eigenvalue weighted by molar-refractivity contribution is 6.35. The van der Waals surface area contributed by atoms with Crippen LogP contribution in [-0.4, -0.2) is 25.9 Å². The van der Waals surface area contributed by atoms with E-state index in [4.69, 9.17) is 4.98 Å². The highest BCUT2D eigenvalue weighted by Gasteiger charge is 2.41. The van der Waals surface area contributed by atoms with Gasteiger partial charge in [0.25, 0.3) is 11.8 Å². The Morgan fingerprint density at radius 1 is 0.352 bits per heavy atom. The van der Waals surface area contributed by atoms with E-state index in [1.807, 2.05) is 0 Å². The van der Waals surface area contributed by atoms with Crippen LogP contribution in [0.5, 0.6) is 0 Å². The molecule has 11 rings (SSSR count). The molecular formula is C53H26F12N4O2. The van der Waals surface area contributed by atoms with Gasteiger partial charge in [0, 0.05) is 27.6 Å². The summed E-state index contributed by atoms with van der Waals surface area (Å²) in [5.74, 6) is -1.29. The monoisotopic (exact) mass is 978 g/mol. The van der Waals surface area contributed by atoms with Gasteiger partial charge >= 0.3 is 24.7 Å². The maximum atomic E-state index is 14.4. The average molecular weight is 979 g/mol. The van der Waals surface area contributed by atoms with E-state index in [1.54, 1.807) is 69.8 Å². The summed E-state index contributed by atoms with van der Waals surface area (Å²) in [5, 5.41) is 1.79. The van der Waals surface area contributed by atoms with E-state index >= 15 is 0 Å². The van der Waals surface area contributed by atoms with Crippen LogP contribution in [-0.2, 0) is 24.7 Å². The Morgan fingerprint density at radius 3 is 1.17 bits per heavy atom. The predicted octanol–water partition coefficient (Wildman–Crippen LogP) is 15.5. The minimum absolute atomic E-state index is 0.00757. The second-order valence-electron chi connectivity index (χ2n) is 16.8. The molecule has 10 aromatic rings. The summed E-state index contributed by atoms with van der Waals surface area (Å²) in [6.45, 7) is 0. The number of pyridine rings is 1. The topological polar surface area (TPSA) is 60.1 Å². The lowest BCUT2D eigenvalue weighted by atomic mass is 9.97. The maximum Gasteiger partial charge on any atom is 0.416 e. The molecule has 2 amide bonds. The molecule has 0 atom stereocenters. The number of amides is 2. The molecule has 0 aliphatic carbocycles. The number of halogens is 12. The van der Waals surface area contributed by atoms with Crippen molar-refractivity contribution in [2.24, 2.45) is 0 Å². The number of para-hydroxylation sites is 2. The number of imide groups is 1. The van der Waals surface area contributed by atoms with E-state index in [0.29, 0.717) is 67.9 Å². The zero-order chi connectivity index (χ0) is 50.1. The molecule has 0 fully saturated rings. The second kappa shape index (κ2) is 15.5. The molecule has 3 aromatic heterocycles. The minimum atomic E-state index is -5.10. The third-order valence-corrected chi connectivity index (χ3v) is 12.5. The molecule has 7 aromatic carbocycles. The fourth-order valence-corrected chi connectivity index (χ4v) is 9.36. The van der Waals surface area contributed by atoms with Crippen LogP contribution in [0.25, 0.3) is 77.4 Å². The Hall–Kier alpha value is -8.41. The molecule has 18 heteroatoms. The zero-order valence-corrected chi connectivity index (χ0v) is 35.7. The van der Waals surface area contributed by atoms with Gasteiger partial charge in [-0.2, -0.15) is 52.7 Å². The van der Waals surface area contributed by atoms with E-state index in [1.165, 1.54) is 60.8 Å². The Labute approximate surface area is 391 Å². The van der Waals surface area contributed by atoms with Crippen LogP contribution in [0.3, 0.4) is 0 Å². The molecule has 6 nitrogen and oxygen atoms in total. The number of carbonyl (C=O) groups is 2. The van der Waals surface area contributed by atoms with Crippen LogP contribution in [0.1, 0.15) is 43.0 Å². The number of carbonyl (C=O) groups excluding carboxylic acids is 2. The molecule has 1 aliphatic heterocycles. The summed E-state index contributed by atoms with van der Waals surface area (Å²) in [4.78, 5) is 34.6. The number of fused-ring (bicyclic) bond motifs is 7. The zero-order valence-electron chi connectivity index (χ0n) is 35.7. The van der Waals surface area contributed by atoms with Crippen LogP contribution in [0, 0.1) is 0 Å². The number of aromatic nitrogens is 3. The highest BCUT2D eigenvalue weighted by Crippen LogP contribution is 2.45. The minimum Gasteiger partial charge on any atom is -0.306 e. The smallest absolute Gasteiger partial charge is 0.306 e. The standard InChI is InChI=1S/C53H26F12N4O2/c54-50(55,56)31-17-29(18-32(23-31)51(57,58)59)27-13-15-43-39(21-27)35-7-3-5-11-41(35)67(43)46-26-66-47(25-45(46)69-48(70)37-9-1-2-10-38(37)49(69)71)68-42-12-6-4-8-36(42)40-22-28(14-16-44(40)68)30-19-33(52(60,61)62)24-34(20-30)53(63,64)65/h1-26H. The quantitative estimate of drug-likeness (QED) is 0.128. The van der Waals surface area contributed by atoms with Crippen molar-refractivity contribution < 1.29 is 62.3 Å². The molecule has 0 saturated heterocycles. The third kappa shape index (κ3) is 7.43. The predicted molar refractivity (Wildman–Crippen MR) is 241 cm³/mol. The Kier molecular flexibility index (Phi) is 9.87. The molecule has 4 heterocycles. The maximum absolute atomic E-state index is 14.4. The number of hydrogen-bond acceptors (Lipinski definition) is 3. The molecule has 0 bridgehead atoms. The first kappa shape index (κ1) is 45.1. The second-order valence-corrected chi connectivity index (χ2v) is 16.8. The molecule has 0 saturated carbocycles. The molecule has 1 aliphatic rings. The lowest BCUT2D eigenvalue weighted by molar-refractivity contribution is -0.144. The summed E-state index contributed by atoms with van der Waals surface area (Å²) in [6, 6.07) is 32.3. The number of alkyl halides is 12. The lowest BCUT2D eigenvalue weighted by Gasteiger charge is -2.21. The summed E-state index contributed by atoms with van der Waals surface area (Å²) in [7, 11) is 0. The van der Waals surface area contributed by atoms with E-state index in [2.05, 4.69) is 0 Å². The molecule has 0 N–H and O–H groups in total. The largest absolute Gasteiger partial charge is 0.416 e. The van der Waals surface area contributed by atoms with Crippen LogP contribution in [0.4, 0.5) is 58.4 Å². The van der Waals surface area contributed by atoms with Crippen LogP contribution in [0.2, 0.25) is 0 Å². The van der Waals surface area contributed by atoms with Crippen molar-refractivity contribution in [2.75, 3.05) is 4.90 Å².